The molecule has 0 spiro atoms. The van der Waals surface area contributed by atoms with E-state index in [4.69, 9.17) is 0 Å². The number of hydrogen-bond acceptors (Lipinski definition) is 4. The quantitative estimate of drug-likeness (QED) is 0.732. The van der Waals surface area contributed by atoms with Crippen molar-refractivity contribution < 1.29 is 4.79 Å². The molecule has 6 heteroatoms. The van der Waals surface area contributed by atoms with Crippen LogP contribution in [0.2, 0.25) is 0 Å². The van der Waals surface area contributed by atoms with Crippen LogP contribution in [0.5, 0.6) is 0 Å². The third-order valence-corrected chi connectivity index (χ3v) is 4.32. The average Bonchev–Trinajstić information content (AvgIpc) is 2.94. The second-order valence-electron chi connectivity index (χ2n) is 5.35. The summed E-state index contributed by atoms with van der Waals surface area (Å²) in [5.74, 6) is 0.835. The number of pyridine rings is 1. The summed E-state index contributed by atoms with van der Waals surface area (Å²) in [6.07, 6.45) is 9.09. The van der Waals surface area contributed by atoms with E-state index < -0.39 is 0 Å². The molecule has 0 unspecified atom stereocenters. The summed E-state index contributed by atoms with van der Waals surface area (Å²) < 4.78 is 1.75. The Hall–Kier alpha value is -2.08. The molecular formula is C17H22N4OS. The van der Waals surface area contributed by atoms with Crippen LogP contribution < -0.4 is 4.90 Å². The number of amides is 1. The summed E-state index contributed by atoms with van der Waals surface area (Å²) in [5, 5.41) is 4.52. The lowest BCUT2D eigenvalue weighted by Crippen LogP contribution is -2.36. The Morgan fingerprint density at radius 3 is 2.96 bits per heavy atom. The van der Waals surface area contributed by atoms with E-state index in [0.29, 0.717) is 6.54 Å². The zero-order valence-electron chi connectivity index (χ0n) is 13.8. The number of anilines is 1. The number of aryl methyl sites for hydroxylation is 1. The van der Waals surface area contributed by atoms with E-state index in [1.165, 1.54) is 0 Å². The number of thioether (sulfide) groups is 1. The zero-order valence-corrected chi connectivity index (χ0v) is 14.6. The summed E-state index contributed by atoms with van der Waals surface area (Å²) in [7, 11) is 0. The van der Waals surface area contributed by atoms with Gasteiger partial charge in [0.05, 0.1) is 29.5 Å². The Morgan fingerprint density at radius 2 is 2.35 bits per heavy atom. The van der Waals surface area contributed by atoms with Gasteiger partial charge >= 0.3 is 0 Å². The number of carbonyl (C=O) groups is 1. The number of carbonyl (C=O) groups excluding carboxylic acids is 1. The molecule has 23 heavy (non-hydrogen) atoms. The standard InChI is InChI=1S/C17H22N4OS/c1-5-9-20(17(22)13(2)12-23-4)16-11-21(19-14(16)3)15-7-6-8-18-10-15/h5-8,10-11,13H,1,9,12H2,2-4H3/t13-/m1/s1. The molecule has 0 saturated carbocycles. The molecule has 2 heterocycles. The normalized spacial score (nSPS) is 12.0. The zero-order chi connectivity index (χ0) is 16.8. The first-order valence-electron chi connectivity index (χ1n) is 7.46. The monoisotopic (exact) mass is 330 g/mol. The van der Waals surface area contributed by atoms with Crippen molar-refractivity contribution >= 4 is 23.4 Å². The molecule has 0 N–H and O–H groups in total. The van der Waals surface area contributed by atoms with E-state index >= 15 is 0 Å². The smallest absolute Gasteiger partial charge is 0.231 e. The van der Waals surface area contributed by atoms with Crippen LogP contribution in [0.1, 0.15) is 12.6 Å². The van der Waals surface area contributed by atoms with Gasteiger partial charge in [0.25, 0.3) is 0 Å². The lowest BCUT2D eigenvalue weighted by molar-refractivity contribution is -0.121. The molecule has 0 fully saturated rings. The SMILES string of the molecule is C=CCN(C(=O)[C@H](C)CSC)c1cn(-c2cccnc2)nc1C. The highest BCUT2D eigenvalue weighted by atomic mass is 32.2. The predicted molar refractivity (Wildman–Crippen MR) is 96.2 cm³/mol. The minimum absolute atomic E-state index is 0.0499. The summed E-state index contributed by atoms with van der Waals surface area (Å²) in [6, 6.07) is 3.79. The molecule has 122 valence electrons. The van der Waals surface area contributed by atoms with Gasteiger partial charge in [-0.15, -0.1) is 6.58 Å². The van der Waals surface area contributed by atoms with Gasteiger partial charge in [-0.1, -0.05) is 13.0 Å². The highest BCUT2D eigenvalue weighted by molar-refractivity contribution is 7.98. The lowest BCUT2D eigenvalue weighted by atomic mass is 10.1. The minimum atomic E-state index is -0.0499. The van der Waals surface area contributed by atoms with Crippen molar-refractivity contribution in [3.63, 3.8) is 0 Å². The van der Waals surface area contributed by atoms with Crippen molar-refractivity contribution in [2.75, 3.05) is 23.5 Å². The third-order valence-electron chi connectivity index (χ3n) is 3.49. The largest absolute Gasteiger partial charge is 0.305 e. The molecule has 0 aromatic carbocycles. The first-order valence-corrected chi connectivity index (χ1v) is 8.85. The van der Waals surface area contributed by atoms with Gasteiger partial charge in [0.15, 0.2) is 0 Å². The minimum Gasteiger partial charge on any atom is -0.305 e. The Bertz CT molecular complexity index is 668. The van der Waals surface area contributed by atoms with Crippen molar-refractivity contribution in [2.45, 2.75) is 13.8 Å². The Labute approximate surface area is 141 Å². The Morgan fingerprint density at radius 1 is 1.57 bits per heavy atom. The first-order chi connectivity index (χ1) is 11.1. The van der Waals surface area contributed by atoms with Crippen LogP contribution in [-0.4, -0.2) is 39.2 Å². The molecule has 0 radical (unpaired) electrons. The number of nitrogens with zero attached hydrogens (tertiary/aromatic N) is 4. The Kier molecular flexibility index (Phi) is 5.98. The van der Waals surface area contributed by atoms with Crippen molar-refractivity contribution in [2.24, 2.45) is 5.92 Å². The van der Waals surface area contributed by atoms with E-state index in [9.17, 15) is 4.79 Å². The molecule has 1 atom stereocenters. The molecule has 0 aliphatic rings. The molecule has 5 nitrogen and oxygen atoms in total. The van der Waals surface area contributed by atoms with Crippen molar-refractivity contribution in [3.05, 3.63) is 49.1 Å². The maximum Gasteiger partial charge on any atom is 0.231 e. The lowest BCUT2D eigenvalue weighted by Gasteiger charge is -2.23. The molecular weight excluding hydrogens is 308 g/mol. The number of hydrogen-bond donors (Lipinski definition) is 0. The van der Waals surface area contributed by atoms with Crippen molar-refractivity contribution in [1.29, 1.82) is 0 Å². The predicted octanol–water partition coefficient (Wildman–Crippen LogP) is 3.09. The molecule has 2 rings (SSSR count). The van der Waals surface area contributed by atoms with Crippen LogP contribution >= 0.6 is 11.8 Å². The molecule has 1 amide bonds. The van der Waals surface area contributed by atoms with Crippen molar-refractivity contribution in [1.82, 2.24) is 14.8 Å². The highest BCUT2D eigenvalue weighted by Crippen LogP contribution is 2.23. The van der Waals surface area contributed by atoms with Gasteiger partial charge in [-0.05, 0) is 25.3 Å². The average molecular weight is 330 g/mol. The fourth-order valence-electron chi connectivity index (χ4n) is 2.36. The van der Waals surface area contributed by atoms with Crippen LogP contribution in [-0.2, 0) is 4.79 Å². The number of aromatic nitrogens is 3. The first kappa shape index (κ1) is 17.3. The van der Waals surface area contributed by atoms with Crippen LogP contribution in [0, 0.1) is 12.8 Å². The van der Waals surface area contributed by atoms with E-state index in [1.807, 2.05) is 38.4 Å². The third kappa shape index (κ3) is 4.01. The molecule has 2 aromatic rings. The highest BCUT2D eigenvalue weighted by Gasteiger charge is 2.23. The summed E-state index contributed by atoms with van der Waals surface area (Å²) >= 11 is 1.67. The van der Waals surface area contributed by atoms with Gasteiger partial charge in [0.2, 0.25) is 5.91 Å². The second-order valence-corrected chi connectivity index (χ2v) is 6.26. The number of rotatable bonds is 7. The van der Waals surface area contributed by atoms with Gasteiger partial charge in [-0.25, -0.2) is 4.68 Å². The van der Waals surface area contributed by atoms with Gasteiger partial charge in [0, 0.05) is 24.4 Å². The maximum atomic E-state index is 12.7. The fourth-order valence-corrected chi connectivity index (χ4v) is 3.00. The molecule has 0 aliphatic carbocycles. The second kappa shape index (κ2) is 7.97. The van der Waals surface area contributed by atoms with Crippen LogP contribution in [0.3, 0.4) is 0 Å². The molecule has 0 bridgehead atoms. The van der Waals surface area contributed by atoms with Crippen molar-refractivity contribution in [3.8, 4) is 5.69 Å². The van der Waals surface area contributed by atoms with E-state index in [-0.39, 0.29) is 11.8 Å². The van der Waals surface area contributed by atoms with Crippen LogP contribution in [0.15, 0.2) is 43.4 Å². The molecule has 0 aliphatic heterocycles. The van der Waals surface area contributed by atoms with Gasteiger partial charge in [0.1, 0.15) is 0 Å². The van der Waals surface area contributed by atoms with Crippen LogP contribution in [0.25, 0.3) is 5.69 Å². The summed E-state index contributed by atoms with van der Waals surface area (Å²) in [4.78, 5) is 18.6. The topological polar surface area (TPSA) is 51.0 Å². The molecule has 0 saturated heterocycles. The maximum absolute atomic E-state index is 12.7. The Balaban J connectivity index is 2.34. The molecule has 2 aromatic heterocycles. The fraction of sp³-hybridized carbons (Fsp3) is 0.353. The van der Waals surface area contributed by atoms with E-state index in [2.05, 4.69) is 16.7 Å². The van der Waals surface area contributed by atoms with E-state index in [0.717, 1.165) is 22.8 Å². The van der Waals surface area contributed by atoms with Crippen LogP contribution in [0.4, 0.5) is 5.69 Å². The van der Waals surface area contributed by atoms with Gasteiger partial charge < -0.3 is 4.90 Å². The van der Waals surface area contributed by atoms with E-state index in [1.54, 1.807) is 39.8 Å². The summed E-state index contributed by atoms with van der Waals surface area (Å²) in [5.41, 5.74) is 2.48. The van der Waals surface area contributed by atoms with Gasteiger partial charge in [-0.2, -0.15) is 16.9 Å². The van der Waals surface area contributed by atoms with Gasteiger partial charge in [-0.3, -0.25) is 9.78 Å². The summed E-state index contributed by atoms with van der Waals surface area (Å²) in [6.45, 7) is 8.10.